The van der Waals surface area contributed by atoms with Crippen molar-refractivity contribution in [2.45, 2.75) is 45.3 Å². The lowest BCUT2D eigenvalue weighted by Gasteiger charge is -2.17. The van der Waals surface area contributed by atoms with Gasteiger partial charge >= 0.3 is 0 Å². The molecule has 2 rings (SSSR count). The number of nitrogens with one attached hydrogen (secondary N) is 2. The predicted octanol–water partition coefficient (Wildman–Crippen LogP) is 1.41. The summed E-state index contributed by atoms with van der Waals surface area (Å²) in [4.78, 5) is 0. The Hall–Kier alpha value is -0.160. The van der Waals surface area contributed by atoms with Gasteiger partial charge in [-0.15, -0.1) is 0 Å². The summed E-state index contributed by atoms with van der Waals surface area (Å²) in [5, 5.41) is 7.02. The Morgan fingerprint density at radius 1 is 0.842 bits per heavy atom. The standard InChI is InChI=1S/C15H30N2O2/c1-3-5-7-17-9-13-11-19-14-12(8-16-6-4-2)10-18-15(13)14/h12-17H,3-11H2,1-2H3. The normalized spacial score (nSPS) is 33.8. The minimum atomic E-state index is 0.322. The molecule has 0 aromatic carbocycles. The van der Waals surface area contributed by atoms with Crippen LogP contribution in [0.25, 0.3) is 0 Å². The van der Waals surface area contributed by atoms with Gasteiger partial charge in [0.05, 0.1) is 25.4 Å². The fraction of sp³-hybridized carbons (Fsp3) is 1.00. The van der Waals surface area contributed by atoms with Gasteiger partial charge in [-0.25, -0.2) is 0 Å². The van der Waals surface area contributed by atoms with Crippen LogP contribution >= 0.6 is 0 Å². The Kier molecular flexibility index (Phi) is 6.57. The van der Waals surface area contributed by atoms with Crippen LogP contribution in [0.15, 0.2) is 0 Å². The molecule has 2 heterocycles. The Labute approximate surface area is 117 Å². The van der Waals surface area contributed by atoms with E-state index in [9.17, 15) is 0 Å². The Morgan fingerprint density at radius 3 is 1.95 bits per heavy atom. The number of hydrogen-bond acceptors (Lipinski definition) is 4. The second kappa shape index (κ2) is 8.20. The van der Waals surface area contributed by atoms with Gasteiger partial charge in [-0.3, -0.25) is 0 Å². The van der Waals surface area contributed by atoms with Crippen LogP contribution in [0.5, 0.6) is 0 Å². The van der Waals surface area contributed by atoms with E-state index in [2.05, 4.69) is 24.5 Å². The molecule has 2 saturated heterocycles. The van der Waals surface area contributed by atoms with Crippen molar-refractivity contribution in [3.05, 3.63) is 0 Å². The highest BCUT2D eigenvalue weighted by Crippen LogP contribution is 2.34. The topological polar surface area (TPSA) is 42.5 Å². The van der Waals surface area contributed by atoms with Crippen molar-refractivity contribution in [2.24, 2.45) is 11.8 Å². The van der Waals surface area contributed by atoms with Gasteiger partial charge < -0.3 is 20.1 Å². The van der Waals surface area contributed by atoms with E-state index < -0.39 is 0 Å². The quantitative estimate of drug-likeness (QED) is 0.622. The molecule has 0 radical (unpaired) electrons. The summed E-state index contributed by atoms with van der Waals surface area (Å²) in [6.45, 7) is 10.4. The van der Waals surface area contributed by atoms with Crippen LogP contribution in [-0.2, 0) is 9.47 Å². The molecule has 0 saturated carbocycles. The van der Waals surface area contributed by atoms with Crippen molar-refractivity contribution in [2.75, 3.05) is 39.4 Å². The highest BCUT2D eigenvalue weighted by atomic mass is 16.6. The summed E-state index contributed by atoms with van der Waals surface area (Å²) in [6.07, 6.45) is 4.34. The van der Waals surface area contributed by atoms with Crippen LogP contribution in [0.4, 0.5) is 0 Å². The van der Waals surface area contributed by atoms with E-state index in [4.69, 9.17) is 9.47 Å². The summed E-state index contributed by atoms with van der Waals surface area (Å²) in [5.74, 6) is 1.08. The third-order valence-electron chi connectivity index (χ3n) is 4.21. The van der Waals surface area contributed by atoms with Crippen LogP contribution in [-0.4, -0.2) is 51.6 Å². The summed E-state index contributed by atoms with van der Waals surface area (Å²) >= 11 is 0. The zero-order chi connectivity index (χ0) is 13.5. The molecule has 4 atom stereocenters. The van der Waals surface area contributed by atoms with Crippen molar-refractivity contribution in [1.82, 2.24) is 10.6 Å². The molecular weight excluding hydrogens is 240 g/mol. The van der Waals surface area contributed by atoms with Gasteiger partial charge in [0.1, 0.15) is 0 Å². The van der Waals surface area contributed by atoms with Gasteiger partial charge in [-0.05, 0) is 25.9 Å². The van der Waals surface area contributed by atoms with Gasteiger partial charge in [-0.2, -0.15) is 0 Å². The van der Waals surface area contributed by atoms with Crippen molar-refractivity contribution in [3.8, 4) is 0 Å². The molecule has 19 heavy (non-hydrogen) atoms. The second-order valence-electron chi connectivity index (χ2n) is 5.88. The smallest absolute Gasteiger partial charge is 0.0903 e. The monoisotopic (exact) mass is 270 g/mol. The van der Waals surface area contributed by atoms with Crippen LogP contribution in [0.1, 0.15) is 33.1 Å². The molecule has 0 bridgehead atoms. The lowest BCUT2D eigenvalue weighted by atomic mass is 9.96. The third-order valence-corrected chi connectivity index (χ3v) is 4.21. The van der Waals surface area contributed by atoms with E-state index in [1.165, 1.54) is 19.3 Å². The van der Waals surface area contributed by atoms with Crippen molar-refractivity contribution < 1.29 is 9.47 Å². The first kappa shape index (κ1) is 15.2. The van der Waals surface area contributed by atoms with E-state index >= 15 is 0 Å². The average molecular weight is 270 g/mol. The fourth-order valence-corrected chi connectivity index (χ4v) is 3.06. The predicted molar refractivity (Wildman–Crippen MR) is 77.4 cm³/mol. The van der Waals surface area contributed by atoms with Crippen LogP contribution in [0.2, 0.25) is 0 Å². The zero-order valence-corrected chi connectivity index (χ0v) is 12.5. The molecule has 0 amide bonds. The van der Waals surface area contributed by atoms with Gasteiger partial charge in [0, 0.05) is 24.9 Å². The van der Waals surface area contributed by atoms with E-state index in [1.54, 1.807) is 0 Å². The first-order valence-corrected chi connectivity index (χ1v) is 8.01. The molecule has 2 aliphatic rings. The van der Waals surface area contributed by atoms with E-state index in [1.807, 2.05) is 0 Å². The minimum absolute atomic E-state index is 0.322. The first-order chi connectivity index (χ1) is 9.36. The SMILES string of the molecule is CCCCNCC1COC2C(CNCCC)COC12. The van der Waals surface area contributed by atoms with Gasteiger partial charge in [0.2, 0.25) is 0 Å². The molecule has 2 aliphatic heterocycles. The van der Waals surface area contributed by atoms with Crippen molar-refractivity contribution >= 4 is 0 Å². The molecule has 2 fully saturated rings. The summed E-state index contributed by atoms with van der Waals surface area (Å²) in [5.41, 5.74) is 0. The third kappa shape index (κ3) is 4.15. The second-order valence-corrected chi connectivity index (χ2v) is 5.88. The van der Waals surface area contributed by atoms with Crippen LogP contribution in [0.3, 0.4) is 0 Å². The molecular formula is C15H30N2O2. The fourth-order valence-electron chi connectivity index (χ4n) is 3.06. The van der Waals surface area contributed by atoms with E-state index in [0.29, 0.717) is 24.0 Å². The summed E-state index contributed by atoms with van der Waals surface area (Å²) in [7, 11) is 0. The molecule has 112 valence electrons. The molecule has 0 spiro atoms. The minimum Gasteiger partial charge on any atom is -0.375 e. The van der Waals surface area contributed by atoms with Gasteiger partial charge in [-0.1, -0.05) is 20.3 Å². The van der Waals surface area contributed by atoms with Crippen molar-refractivity contribution in [3.63, 3.8) is 0 Å². The average Bonchev–Trinajstić information content (AvgIpc) is 2.99. The first-order valence-electron chi connectivity index (χ1n) is 8.01. The summed E-state index contributed by atoms with van der Waals surface area (Å²) < 4.78 is 12.0. The number of fused-ring (bicyclic) bond motifs is 1. The number of unbranched alkanes of at least 4 members (excludes halogenated alkanes) is 1. The molecule has 0 aromatic heterocycles. The zero-order valence-electron chi connectivity index (χ0n) is 12.5. The van der Waals surface area contributed by atoms with Gasteiger partial charge in [0.25, 0.3) is 0 Å². The largest absolute Gasteiger partial charge is 0.375 e. The molecule has 0 aliphatic carbocycles. The Morgan fingerprint density at radius 2 is 1.42 bits per heavy atom. The number of rotatable bonds is 9. The maximum atomic E-state index is 5.98. The Balaban J connectivity index is 1.68. The number of ether oxygens (including phenoxy) is 2. The molecule has 4 unspecified atom stereocenters. The van der Waals surface area contributed by atoms with Crippen LogP contribution < -0.4 is 10.6 Å². The van der Waals surface area contributed by atoms with Crippen LogP contribution in [0, 0.1) is 11.8 Å². The maximum absolute atomic E-state index is 5.98. The molecule has 2 N–H and O–H groups in total. The van der Waals surface area contributed by atoms with Gasteiger partial charge in [0.15, 0.2) is 0 Å². The van der Waals surface area contributed by atoms with E-state index in [-0.39, 0.29) is 0 Å². The highest BCUT2D eigenvalue weighted by Gasteiger charge is 2.46. The lowest BCUT2D eigenvalue weighted by Crippen LogP contribution is -2.35. The number of hydrogen-bond donors (Lipinski definition) is 2. The highest BCUT2D eigenvalue weighted by molar-refractivity contribution is 4.95. The molecule has 0 aromatic rings. The molecule has 4 nitrogen and oxygen atoms in total. The Bertz CT molecular complexity index is 250. The summed E-state index contributed by atoms with van der Waals surface area (Å²) in [6, 6.07) is 0. The molecule has 4 heteroatoms. The maximum Gasteiger partial charge on any atom is 0.0903 e. The van der Waals surface area contributed by atoms with E-state index in [0.717, 1.165) is 39.4 Å². The lowest BCUT2D eigenvalue weighted by molar-refractivity contribution is 0.0604. The van der Waals surface area contributed by atoms with Crippen molar-refractivity contribution in [1.29, 1.82) is 0 Å².